The third-order valence-corrected chi connectivity index (χ3v) is 3.52. The summed E-state index contributed by atoms with van der Waals surface area (Å²) < 4.78 is 23.8. The van der Waals surface area contributed by atoms with Gasteiger partial charge in [-0.2, -0.15) is 0 Å². The summed E-state index contributed by atoms with van der Waals surface area (Å²) >= 11 is 0. The normalized spacial score (nSPS) is 20.9. The van der Waals surface area contributed by atoms with Gasteiger partial charge in [-0.05, 0) is 25.0 Å². The van der Waals surface area contributed by atoms with E-state index < -0.39 is 0 Å². The van der Waals surface area contributed by atoms with Gasteiger partial charge in [0.25, 0.3) is 0 Å². The molecule has 5 heteroatoms. The van der Waals surface area contributed by atoms with E-state index in [1.54, 1.807) is 12.1 Å². The number of benzene rings is 1. The number of ether oxygens (including phenoxy) is 2. The van der Waals surface area contributed by atoms with Gasteiger partial charge >= 0.3 is 0 Å². The maximum Gasteiger partial charge on any atom is 0.165 e. The van der Waals surface area contributed by atoms with Crippen molar-refractivity contribution in [2.75, 3.05) is 32.2 Å². The summed E-state index contributed by atoms with van der Waals surface area (Å²) in [5.74, 6) is 0.272. The summed E-state index contributed by atoms with van der Waals surface area (Å²) in [5.41, 5.74) is 6.65. The molecule has 0 aliphatic carbocycles. The number of nitrogens with two attached hydrogens (primary N) is 1. The van der Waals surface area contributed by atoms with Gasteiger partial charge in [-0.3, -0.25) is 0 Å². The third-order valence-electron chi connectivity index (χ3n) is 3.52. The first kappa shape index (κ1) is 14.1. The second-order valence-electron chi connectivity index (χ2n) is 4.81. The van der Waals surface area contributed by atoms with Gasteiger partial charge in [0.05, 0.1) is 13.7 Å². The van der Waals surface area contributed by atoms with E-state index >= 15 is 0 Å². The van der Waals surface area contributed by atoms with Gasteiger partial charge in [0, 0.05) is 36.9 Å². The van der Waals surface area contributed by atoms with E-state index in [2.05, 4.69) is 5.32 Å². The lowest BCUT2D eigenvalue weighted by atomic mass is 9.93. The van der Waals surface area contributed by atoms with Crippen LogP contribution in [0.4, 0.5) is 10.1 Å². The SMILES string of the molecule is COc1cc(NC(CN)C2CCCOC2)ccc1F. The van der Waals surface area contributed by atoms with Crippen molar-refractivity contribution in [2.24, 2.45) is 11.7 Å². The second kappa shape index (κ2) is 6.73. The first-order chi connectivity index (χ1) is 9.24. The fraction of sp³-hybridized carbons (Fsp3) is 0.571. The monoisotopic (exact) mass is 268 g/mol. The van der Waals surface area contributed by atoms with Crippen LogP contribution in [-0.4, -0.2) is 32.9 Å². The number of methoxy groups -OCH3 is 1. The molecule has 2 unspecified atom stereocenters. The number of halogens is 1. The van der Waals surface area contributed by atoms with Crippen LogP contribution >= 0.6 is 0 Å². The van der Waals surface area contributed by atoms with E-state index in [4.69, 9.17) is 15.2 Å². The maximum atomic E-state index is 13.3. The zero-order valence-electron chi connectivity index (χ0n) is 11.2. The van der Waals surface area contributed by atoms with Crippen LogP contribution in [0.25, 0.3) is 0 Å². The number of hydrogen-bond acceptors (Lipinski definition) is 4. The van der Waals surface area contributed by atoms with Crippen molar-refractivity contribution < 1.29 is 13.9 Å². The van der Waals surface area contributed by atoms with Crippen molar-refractivity contribution in [3.05, 3.63) is 24.0 Å². The molecule has 2 atom stereocenters. The van der Waals surface area contributed by atoms with E-state index in [1.807, 2.05) is 0 Å². The molecule has 0 spiro atoms. The minimum absolute atomic E-state index is 0.135. The van der Waals surface area contributed by atoms with Crippen LogP contribution in [0.2, 0.25) is 0 Å². The Morgan fingerprint density at radius 2 is 2.42 bits per heavy atom. The summed E-state index contributed by atoms with van der Waals surface area (Å²) in [6, 6.07) is 4.88. The van der Waals surface area contributed by atoms with Gasteiger partial charge in [-0.15, -0.1) is 0 Å². The number of anilines is 1. The van der Waals surface area contributed by atoms with E-state index in [0.717, 1.165) is 31.7 Å². The Kier molecular flexibility index (Phi) is 4.99. The molecular weight excluding hydrogens is 247 g/mol. The van der Waals surface area contributed by atoms with Gasteiger partial charge in [0.1, 0.15) is 0 Å². The minimum atomic E-state index is -0.363. The van der Waals surface area contributed by atoms with Gasteiger partial charge in [0.2, 0.25) is 0 Å². The average molecular weight is 268 g/mol. The van der Waals surface area contributed by atoms with Crippen molar-refractivity contribution in [3.8, 4) is 5.75 Å². The van der Waals surface area contributed by atoms with E-state index in [0.29, 0.717) is 12.5 Å². The van der Waals surface area contributed by atoms with E-state index in [-0.39, 0.29) is 17.6 Å². The van der Waals surface area contributed by atoms with E-state index in [1.165, 1.54) is 13.2 Å². The summed E-state index contributed by atoms with van der Waals surface area (Å²) in [5, 5.41) is 3.35. The van der Waals surface area contributed by atoms with Crippen LogP contribution < -0.4 is 15.8 Å². The highest BCUT2D eigenvalue weighted by Crippen LogP contribution is 2.24. The fourth-order valence-electron chi connectivity index (χ4n) is 2.42. The Balaban J connectivity index is 2.04. The standard InChI is InChI=1S/C14H21FN2O2/c1-18-14-7-11(4-5-12(14)15)17-13(8-16)10-3-2-6-19-9-10/h4-5,7,10,13,17H,2-3,6,8-9,16H2,1H3. The van der Waals surface area contributed by atoms with Crippen molar-refractivity contribution in [1.29, 1.82) is 0 Å². The minimum Gasteiger partial charge on any atom is -0.494 e. The van der Waals surface area contributed by atoms with Crippen LogP contribution in [0, 0.1) is 11.7 Å². The Morgan fingerprint density at radius 3 is 3.05 bits per heavy atom. The second-order valence-corrected chi connectivity index (χ2v) is 4.81. The highest BCUT2D eigenvalue weighted by Gasteiger charge is 2.23. The van der Waals surface area contributed by atoms with Gasteiger partial charge in [-0.25, -0.2) is 4.39 Å². The molecule has 1 aliphatic heterocycles. The summed E-state index contributed by atoms with van der Waals surface area (Å²) in [6.45, 7) is 2.08. The highest BCUT2D eigenvalue weighted by molar-refractivity contribution is 5.49. The maximum absolute atomic E-state index is 13.3. The molecule has 1 aromatic carbocycles. The third kappa shape index (κ3) is 3.58. The largest absolute Gasteiger partial charge is 0.494 e. The van der Waals surface area contributed by atoms with Gasteiger partial charge in [-0.1, -0.05) is 0 Å². The number of nitrogens with one attached hydrogen (secondary N) is 1. The molecule has 0 aromatic heterocycles. The Morgan fingerprint density at radius 1 is 1.58 bits per heavy atom. The quantitative estimate of drug-likeness (QED) is 0.857. The highest BCUT2D eigenvalue weighted by atomic mass is 19.1. The molecule has 0 saturated carbocycles. The zero-order valence-corrected chi connectivity index (χ0v) is 11.2. The molecule has 4 nitrogen and oxygen atoms in total. The average Bonchev–Trinajstić information content (AvgIpc) is 2.47. The molecule has 1 fully saturated rings. The molecule has 1 aliphatic rings. The topological polar surface area (TPSA) is 56.5 Å². The number of hydrogen-bond donors (Lipinski definition) is 2. The summed E-state index contributed by atoms with van der Waals surface area (Å²) in [6.07, 6.45) is 2.17. The summed E-state index contributed by atoms with van der Waals surface area (Å²) in [7, 11) is 1.46. The van der Waals surface area contributed by atoms with Crippen LogP contribution in [-0.2, 0) is 4.74 Å². The Hall–Kier alpha value is -1.33. The molecule has 1 heterocycles. The van der Waals surface area contributed by atoms with Crippen molar-refractivity contribution in [3.63, 3.8) is 0 Å². The van der Waals surface area contributed by atoms with E-state index in [9.17, 15) is 4.39 Å². The van der Waals surface area contributed by atoms with Crippen LogP contribution in [0.15, 0.2) is 18.2 Å². The molecule has 3 N–H and O–H groups in total. The summed E-state index contributed by atoms with van der Waals surface area (Å²) in [4.78, 5) is 0. The fourth-order valence-corrected chi connectivity index (χ4v) is 2.42. The zero-order chi connectivity index (χ0) is 13.7. The lowest BCUT2D eigenvalue weighted by molar-refractivity contribution is 0.0485. The number of rotatable bonds is 5. The lowest BCUT2D eigenvalue weighted by Crippen LogP contribution is -2.40. The Bertz CT molecular complexity index is 408. The molecule has 2 rings (SSSR count). The molecule has 1 saturated heterocycles. The first-order valence-corrected chi connectivity index (χ1v) is 6.62. The van der Waals surface area contributed by atoms with Crippen molar-refractivity contribution in [1.82, 2.24) is 0 Å². The molecule has 106 valence electrons. The predicted molar refractivity (Wildman–Crippen MR) is 73.0 cm³/mol. The Labute approximate surface area is 113 Å². The molecule has 0 radical (unpaired) electrons. The molecule has 19 heavy (non-hydrogen) atoms. The van der Waals surface area contributed by atoms with Crippen molar-refractivity contribution >= 4 is 5.69 Å². The molecule has 0 amide bonds. The van der Waals surface area contributed by atoms with Crippen LogP contribution in [0.5, 0.6) is 5.75 Å². The first-order valence-electron chi connectivity index (χ1n) is 6.62. The van der Waals surface area contributed by atoms with Gasteiger partial charge in [0.15, 0.2) is 11.6 Å². The van der Waals surface area contributed by atoms with Crippen molar-refractivity contribution in [2.45, 2.75) is 18.9 Å². The molecule has 0 bridgehead atoms. The van der Waals surface area contributed by atoms with Gasteiger partial charge < -0.3 is 20.5 Å². The molecule has 1 aromatic rings. The van der Waals surface area contributed by atoms with Crippen LogP contribution in [0.1, 0.15) is 12.8 Å². The molecular formula is C14H21FN2O2. The van der Waals surface area contributed by atoms with Crippen LogP contribution in [0.3, 0.4) is 0 Å². The smallest absolute Gasteiger partial charge is 0.165 e. The predicted octanol–water partition coefficient (Wildman–Crippen LogP) is 2.00. The lowest BCUT2D eigenvalue weighted by Gasteiger charge is -2.30.